The predicted octanol–water partition coefficient (Wildman–Crippen LogP) is 6.50. The van der Waals surface area contributed by atoms with Crippen LogP contribution in [0.3, 0.4) is 0 Å². The zero-order chi connectivity index (χ0) is 23.2. The van der Waals surface area contributed by atoms with Crippen molar-refractivity contribution in [3.8, 4) is 0 Å². The minimum Gasteiger partial charge on any atom is -0.404 e. The summed E-state index contributed by atoms with van der Waals surface area (Å²) in [5, 5.41) is 0. The Labute approximate surface area is 195 Å². The van der Waals surface area contributed by atoms with Crippen LogP contribution in [0.5, 0.6) is 0 Å². The second kappa shape index (κ2) is 15.3. The molecule has 1 aromatic carbocycles. The van der Waals surface area contributed by atoms with Crippen LogP contribution >= 0.6 is 11.8 Å². The minimum absolute atomic E-state index is 0.282. The molecule has 1 aliphatic carbocycles. The van der Waals surface area contributed by atoms with Crippen molar-refractivity contribution in [2.75, 3.05) is 24.6 Å². The lowest BCUT2D eigenvalue weighted by Crippen LogP contribution is -2.50. The normalized spacial score (nSPS) is 23.4. The van der Waals surface area contributed by atoms with E-state index < -0.39 is 0 Å². The number of benzene rings is 1. The van der Waals surface area contributed by atoms with Gasteiger partial charge in [-0.2, -0.15) is 11.8 Å². The van der Waals surface area contributed by atoms with Gasteiger partial charge in [-0.3, -0.25) is 9.69 Å². The number of fused-ring (bicyclic) bond motifs is 3. The second-order valence-electron chi connectivity index (χ2n) is 8.59. The van der Waals surface area contributed by atoms with E-state index in [1.165, 1.54) is 36.0 Å². The lowest BCUT2D eigenvalue weighted by atomic mass is 9.70. The Morgan fingerprint density at radius 2 is 1.94 bits per heavy atom. The van der Waals surface area contributed by atoms with Gasteiger partial charge in [-0.15, -0.1) is 6.58 Å². The van der Waals surface area contributed by atoms with Gasteiger partial charge >= 0.3 is 0 Å². The van der Waals surface area contributed by atoms with E-state index in [1.807, 2.05) is 13.1 Å². The average molecular weight is 445 g/mol. The summed E-state index contributed by atoms with van der Waals surface area (Å²) >= 11 is 1.81. The zero-order valence-electron chi connectivity index (χ0n) is 20.4. The first-order valence-electron chi connectivity index (χ1n) is 11.8. The molecular weight excluding hydrogens is 400 g/mol. The molecule has 4 heteroatoms. The number of hydrogen-bond acceptors (Lipinski definition) is 4. The maximum atomic E-state index is 11.3. The monoisotopic (exact) mass is 444 g/mol. The predicted molar refractivity (Wildman–Crippen MR) is 140 cm³/mol. The molecule has 1 aromatic rings. The molecule has 0 saturated carbocycles. The largest absolute Gasteiger partial charge is 0.404 e. The van der Waals surface area contributed by atoms with Crippen molar-refractivity contribution < 1.29 is 4.79 Å². The summed E-state index contributed by atoms with van der Waals surface area (Å²) in [5.41, 5.74) is 10.1. The fraction of sp³-hybridized carbons (Fsp3) is 0.593. The Bertz CT molecular complexity index is 700. The molecule has 31 heavy (non-hydrogen) atoms. The standard InChI is InChI=1S/C21H30N2OS.C3H8.C3H6/c1-3-8-23-12-16(14-25-13-15(2)24)9-20-19-7-5-4-6-18(19)17(11-22)10-21(20)23;2*1-3-2/h4-7,11,16,20-21H,3,8-10,12-14,22H2,1-2H3;3H2,1-2H3;3H,1H2,2H3/b17-11-;;. The van der Waals surface area contributed by atoms with Gasteiger partial charge in [0.1, 0.15) is 5.78 Å². The number of carbonyl (C=O) groups is 1. The second-order valence-corrected chi connectivity index (χ2v) is 9.62. The molecule has 174 valence electrons. The molecule has 1 fully saturated rings. The number of nitrogens with zero attached hydrogens (tertiary/aromatic N) is 1. The summed E-state index contributed by atoms with van der Waals surface area (Å²) in [4.78, 5) is 14.0. The summed E-state index contributed by atoms with van der Waals surface area (Å²) in [6.45, 7) is 15.7. The zero-order valence-corrected chi connectivity index (χ0v) is 21.2. The van der Waals surface area contributed by atoms with Crippen LogP contribution in [-0.4, -0.2) is 41.3 Å². The van der Waals surface area contributed by atoms with E-state index in [4.69, 9.17) is 5.73 Å². The third-order valence-corrected chi connectivity index (χ3v) is 6.84. The van der Waals surface area contributed by atoms with E-state index in [0.717, 1.165) is 25.3 Å². The number of piperidine rings is 1. The van der Waals surface area contributed by atoms with Crippen molar-refractivity contribution in [3.63, 3.8) is 0 Å². The van der Waals surface area contributed by atoms with Crippen LogP contribution < -0.4 is 5.73 Å². The number of carbonyl (C=O) groups excluding carboxylic acids is 1. The third-order valence-electron chi connectivity index (χ3n) is 5.52. The molecule has 1 aliphatic heterocycles. The highest BCUT2D eigenvalue weighted by Gasteiger charge is 2.40. The van der Waals surface area contributed by atoms with Crippen molar-refractivity contribution >= 4 is 23.1 Å². The van der Waals surface area contributed by atoms with Crippen LogP contribution in [0.1, 0.15) is 77.3 Å². The molecule has 2 aliphatic rings. The Kier molecular flexibility index (Phi) is 13.6. The third kappa shape index (κ3) is 8.50. The van der Waals surface area contributed by atoms with E-state index in [0.29, 0.717) is 23.6 Å². The van der Waals surface area contributed by atoms with E-state index >= 15 is 0 Å². The van der Waals surface area contributed by atoms with Crippen molar-refractivity contribution in [2.24, 2.45) is 11.7 Å². The first-order chi connectivity index (χ1) is 15.0. The summed E-state index contributed by atoms with van der Waals surface area (Å²) in [6.07, 6.45) is 8.28. The molecule has 0 amide bonds. The Morgan fingerprint density at radius 3 is 2.52 bits per heavy atom. The number of likely N-dealkylation sites (tertiary alicyclic amines) is 1. The van der Waals surface area contributed by atoms with Gasteiger partial charge in [0.25, 0.3) is 0 Å². The van der Waals surface area contributed by atoms with Crippen LogP contribution in [0.2, 0.25) is 0 Å². The van der Waals surface area contributed by atoms with Crippen LogP contribution in [0.25, 0.3) is 5.57 Å². The summed E-state index contributed by atoms with van der Waals surface area (Å²) in [7, 11) is 0. The fourth-order valence-corrected chi connectivity index (χ4v) is 5.54. The van der Waals surface area contributed by atoms with Crippen LogP contribution in [0, 0.1) is 5.92 Å². The first kappa shape index (κ1) is 27.5. The number of thioether (sulfide) groups is 1. The topological polar surface area (TPSA) is 46.3 Å². The summed E-state index contributed by atoms with van der Waals surface area (Å²) in [6, 6.07) is 9.37. The van der Waals surface area contributed by atoms with E-state index in [2.05, 4.69) is 56.5 Å². The number of Topliss-reactive ketones (excluding diaryl/α,β-unsaturated/α-hetero) is 1. The number of allylic oxidation sites excluding steroid dienone is 1. The molecule has 3 unspecified atom stereocenters. The van der Waals surface area contributed by atoms with E-state index in [-0.39, 0.29) is 5.78 Å². The van der Waals surface area contributed by atoms with Crippen molar-refractivity contribution in [2.45, 2.75) is 72.3 Å². The summed E-state index contributed by atoms with van der Waals surface area (Å²) in [5.74, 6) is 3.27. The van der Waals surface area contributed by atoms with Gasteiger partial charge in [0.15, 0.2) is 0 Å². The van der Waals surface area contributed by atoms with E-state index in [9.17, 15) is 4.79 Å². The highest BCUT2D eigenvalue weighted by atomic mass is 32.2. The lowest BCUT2D eigenvalue weighted by molar-refractivity contribution is -0.114. The molecule has 1 heterocycles. The smallest absolute Gasteiger partial charge is 0.139 e. The Hall–Kier alpha value is -1.52. The van der Waals surface area contributed by atoms with Crippen LogP contribution in [0.15, 0.2) is 43.1 Å². The van der Waals surface area contributed by atoms with Gasteiger partial charge in [0.2, 0.25) is 0 Å². The van der Waals surface area contributed by atoms with Crippen molar-refractivity contribution in [3.05, 3.63) is 54.2 Å². The molecule has 3 atom stereocenters. The van der Waals surface area contributed by atoms with Crippen LogP contribution in [-0.2, 0) is 4.79 Å². The molecule has 2 N–H and O–H groups in total. The molecule has 0 bridgehead atoms. The number of nitrogens with two attached hydrogens (primary N) is 1. The molecule has 0 radical (unpaired) electrons. The number of hydrogen-bond donors (Lipinski definition) is 1. The van der Waals surface area contributed by atoms with E-state index in [1.54, 1.807) is 24.8 Å². The molecule has 3 nitrogen and oxygen atoms in total. The maximum absolute atomic E-state index is 11.3. The fourth-order valence-electron chi connectivity index (χ4n) is 4.56. The molecule has 0 aromatic heterocycles. The molecular formula is C27H44N2OS. The first-order valence-corrected chi connectivity index (χ1v) is 13.0. The van der Waals surface area contributed by atoms with Gasteiger partial charge in [0, 0.05) is 18.5 Å². The van der Waals surface area contributed by atoms with Crippen molar-refractivity contribution in [1.29, 1.82) is 0 Å². The molecule has 0 spiro atoms. The maximum Gasteiger partial charge on any atom is 0.139 e. The van der Waals surface area contributed by atoms with Gasteiger partial charge in [-0.1, -0.05) is 57.5 Å². The highest BCUT2D eigenvalue weighted by molar-refractivity contribution is 7.99. The van der Waals surface area contributed by atoms with Gasteiger partial charge < -0.3 is 5.73 Å². The van der Waals surface area contributed by atoms with Gasteiger partial charge in [-0.25, -0.2) is 0 Å². The average Bonchev–Trinajstić information content (AvgIpc) is 2.74. The summed E-state index contributed by atoms with van der Waals surface area (Å²) < 4.78 is 0. The Morgan fingerprint density at radius 1 is 1.29 bits per heavy atom. The number of rotatable bonds is 6. The SMILES string of the molecule is C=CC.CCC.CCCN1CC(CSCC(C)=O)CC2c3ccccc3/C(=C\N)CC21. The van der Waals surface area contributed by atoms with Crippen LogP contribution in [0.4, 0.5) is 0 Å². The van der Waals surface area contributed by atoms with Gasteiger partial charge in [-0.05, 0) is 74.2 Å². The molecule has 3 rings (SSSR count). The quantitative estimate of drug-likeness (QED) is 0.508. The lowest BCUT2D eigenvalue weighted by Gasteiger charge is -2.48. The number of ketones is 1. The Balaban J connectivity index is 0.000000720. The molecule has 1 saturated heterocycles. The highest BCUT2D eigenvalue weighted by Crippen LogP contribution is 2.46. The van der Waals surface area contributed by atoms with Crippen molar-refractivity contribution in [1.82, 2.24) is 4.90 Å². The minimum atomic E-state index is 0.282. The van der Waals surface area contributed by atoms with Gasteiger partial charge in [0.05, 0.1) is 5.75 Å².